The molecule has 0 aliphatic carbocycles. The highest BCUT2D eigenvalue weighted by atomic mass is 32.2. The van der Waals surface area contributed by atoms with Gasteiger partial charge in [-0.1, -0.05) is 97.3 Å². The van der Waals surface area contributed by atoms with Crippen molar-refractivity contribution in [2.75, 3.05) is 31.3 Å². The topological polar surface area (TPSA) is 77.5 Å². The minimum absolute atomic E-state index is 0.0504. The molecule has 6 rings (SSSR count). The van der Waals surface area contributed by atoms with Crippen LogP contribution in [-0.4, -0.2) is 48.3 Å². The minimum atomic E-state index is -0.535. The lowest BCUT2D eigenvalue weighted by Crippen LogP contribution is -2.36. The maximum Gasteiger partial charge on any atom is 0.407 e. The molecule has 0 spiro atoms. The van der Waals surface area contributed by atoms with E-state index in [0.29, 0.717) is 0 Å². The first-order valence-electron chi connectivity index (χ1n) is 15.4. The fourth-order valence-electron chi connectivity index (χ4n) is 4.94. The molecule has 4 aromatic carbocycles. The van der Waals surface area contributed by atoms with Crippen LogP contribution in [0.2, 0.25) is 0 Å². The van der Waals surface area contributed by atoms with Crippen LogP contribution in [0.1, 0.15) is 13.3 Å². The van der Waals surface area contributed by atoms with Crippen molar-refractivity contribution in [3.05, 3.63) is 104 Å². The Bertz CT molecular complexity index is 1880. The van der Waals surface area contributed by atoms with Crippen LogP contribution in [0.5, 0.6) is 0 Å². The summed E-state index contributed by atoms with van der Waals surface area (Å²) >= 11 is 8.84. The summed E-state index contributed by atoms with van der Waals surface area (Å²) in [4.78, 5) is 35.0. The van der Waals surface area contributed by atoms with Gasteiger partial charge in [-0.05, 0) is 60.0 Å². The fourth-order valence-corrected chi connectivity index (χ4v) is 11.0. The van der Waals surface area contributed by atoms with Gasteiger partial charge in [-0.2, -0.15) is 0 Å². The van der Waals surface area contributed by atoms with Gasteiger partial charge >= 0.3 is 12.1 Å². The number of amides is 1. The third-order valence-corrected chi connectivity index (χ3v) is 14.3. The SMILES string of the molecule is C=CC(=O)OCCNC(=O)OCC(CC)(CSc1ccc(-c2cccc3c2Sc2ccccc2S3)cc1)CSc1nc2ccccc2s1. The van der Waals surface area contributed by atoms with Gasteiger partial charge in [0, 0.05) is 47.5 Å². The van der Waals surface area contributed by atoms with Gasteiger partial charge in [0.05, 0.1) is 16.8 Å². The van der Waals surface area contributed by atoms with Gasteiger partial charge in [0.1, 0.15) is 13.2 Å². The number of esters is 1. The molecule has 246 valence electrons. The number of thioether (sulfide) groups is 2. The smallest absolute Gasteiger partial charge is 0.407 e. The van der Waals surface area contributed by atoms with Crippen LogP contribution in [0.15, 0.2) is 132 Å². The predicted molar refractivity (Wildman–Crippen MR) is 201 cm³/mol. The van der Waals surface area contributed by atoms with Crippen molar-refractivity contribution in [2.45, 2.75) is 42.2 Å². The van der Waals surface area contributed by atoms with Gasteiger partial charge in [-0.15, -0.1) is 23.1 Å². The Morgan fingerprint density at radius 3 is 2.38 bits per heavy atom. The number of carbonyl (C=O) groups excluding carboxylic acids is 2. The number of ether oxygens (including phenoxy) is 2. The fraction of sp³-hybridized carbons (Fsp3) is 0.216. The van der Waals surface area contributed by atoms with Crippen molar-refractivity contribution in [2.24, 2.45) is 5.41 Å². The molecule has 2 heterocycles. The lowest BCUT2D eigenvalue weighted by atomic mass is 9.91. The number of rotatable bonds is 14. The van der Waals surface area contributed by atoms with Crippen molar-refractivity contribution in [1.29, 1.82) is 0 Å². The molecule has 1 atom stereocenters. The number of benzene rings is 4. The Hall–Kier alpha value is -3.35. The number of carbonyl (C=O) groups is 2. The average molecular weight is 731 g/mol. The summed E-state index contributed by atoms with van der Waals surface area (Å²) in [6, 6.07) is 32.1. The van der Waals surface area contributed by atoms with Crippen LogP contribution in [0.3, 0.4) is 0 Å². The third kappa shape index (κ3) is 8.62. The number of aromatic nitrogens is 1. The molecule has 6 nitrogen and oxygen atoms in total. The van der Waals surface area contributed by atoms with E-state index in [0.717, 1.165) is 43.5 Å². The molecular weight excluding hydrogens is 697 g/mol. The maximum absolute atomic E-state index is 12.6. The largest absolute Gasteiger partial charge is 0.461 e. The summed E-state index contributed by atoms with van der Waals surface area (Å²) in [5, 5.41) is 2.67. The molecule has 0 saturated carbocycles. The van der Waals surface area contributed by atoms with Gasteiger partial charge in [-0.3, -0.25) is 0 Å². The van der Waals surface area contributed by atoms with Gasteiger partial charge in [-0.25, -0.2) is 14.6 Å². The number of alkyl carbamates (subject to hydrolysis) is 1. The minimum Gasteiger partial charge on any atom is -0.461 e. The highest BCUT2D eigenvalue weighted by Crippen LogP contribution is 2.51. The summed E-state index contributed by atoms with van der Waals surface area (Å²) in [6.45, 7) is 5.98. The van der Waals surface area contributed by atoms with Crippen LogP contribution in [0.25, 0.3) is 21.3 Å². The van der Waals surface area contributed by atoms with Crippen LogP contribution < -0.4 is 5.32 Å². The monoisotopic (exact) mass is 730 g/mol. The second-order valence-electron chi connectivity index (χ2n) is 11.1. The molecule has 1 amide bonds. The zero-order valence-corrected chi connectivity index (χ0v) is 30.4. The molecule has 1 N–H and O–H groups in total. The van der Waals surface area contributed by atoms with E-state index >= 15 is 0 Å². The van der Waals surface area contributed by atoms with E-state index in [2.05, 4.69) is 91.6 Å². The number of thiazole rings is 1. The van der Waals surface area contributed by atoms with Crippen LogP contribution in [-0.2, 0) is 14.3 Å². The highest BCUT2D eigenvalue weighted by molar-refractivity contribution is 8.05. The molecule has 48 heavy (non-hydrogen) atoms. The molecule has 1 aromatic heterocycles. The molecule has 1 aliphatic heterocycles. The van der Waals surface area contributed by atoms with Gasteiger partial charge in [0.2, 0.25) is 0 Å². The first kappa shape index (κ1) is 34.5. The number of hydrogen-bond donors (Lipinski definition) is 1. The van der Waals surface area contributed by atoms with E-state index in [9.17, 15) is 9.59 Å². The van der Waals surface area contributed by atoms with Crippen LogP contribution in [0.4, 0.5) is 4.79 Å². The number of nitrogens with one attached hydrogen (secondary N) is 1. The summed E-state index contributed by atoms with van der Waals surface area (Å²) in [7, 11) is 0. The third-order valence-electron chi connectivity index (χ3n) is 7.79. The molecule has 11 heteroatoms. The van der Waals surface area contributed by atoms with E-state index in [-0.39, 0.29) is 25.2 Å². The Morgan fingerprint density at radius 2 is 1.60 bits per heavy atom. The van der Waals surface area contributed by atoms with E-state index in [1.54, 1.807) is 34.9 Å². The first-order chi connectivity index (χ1) is 23.4. The quantitative estimate of drug-likeness (QED) is 0.0510. The Labute approximate surface area is 301 Å². The van der Waals surface area contributed by atoms with Crippen LogP contribution >= 0.6 is 58.4 Å². The molecule has 1 aliphatic rings. The average Bonchev–Trinajstić information content (AvgIpc) is 3.55. The molecule has 5 aromatic rings. The van der Waals surface area contributed by atoms with E-state index in [1.165, 1.54) is 30.7 Å². The van der Waals surface area contributed by atoms with Crippen molar-refractivity contribution in [1.82, 2.24) is 10.3 Å². The zero-order chi connectivity index (χ0) is 33.3. The van der Waals surface area contributed by atoms with Gasteiger partial charge < -0.3 is 14.8 Å². The lowest BCUT2D eigenvalue weighted by Gasteiger charge is -2.31. The van der Waals surface area contributed by atoms with Crippen molar-refractivity contribution >= 4 is 80.7 Å². The van der Waals surface area contributed by atoms with Gasteiger partial charge in [0.25, 0.3) is 0 Å². The summed E-state index contributed by atoms with van der Waals surface area (Å²) in [6.07, 6.45) is 1.37. The second kappa shape index (κ2) is 16.4. The molecule has 0 fully saturated rings. The zero-order valence-electron chi connectivity index (χ0n) is 26.3. The van der Waals surface area contributed by atoms with E-state index in [4.69, 9.17) is 14.5 Å². The summed E-state index contributed by atoms with van der Waals surface area (Å²) in [5.41, 5.74) is 3.12. The Morgan fingerprint density at radius 1 is 0.875 bits per heavy atom. The Kier molecular flexibility index (Phi) is 11.8. The second-order valence-corrected chi connectivity index (χ2v) is 16.5. The first-order valence-corrected chi connectivity index (χ1v) is 19.9. The van der Waals surface area contributed by atoms with Gasteiger partial charge in [0.15, 0.2) is 4.34 Å². The standard InChI is InChI=1S/C37H34N2O4S5/c1-3-33(40)42-21-20-38-35(41)43-22-37(4-2,24-45-36-39-28-11-5-6-12-29(28)48-36)23-44-26-18-16-25(17-19-26)27-10-9-15-32-34(27)47-31-14-8-7-13-30(31)46-32/h3,5-19H,1,4,20-24H2,2H3,(H,38,41). The Balaban J connectivity index is 1.13. The number of nitrogens with zero attached hydrogens (tertiary/aromatic N) is 1. The normalized spacial score (nSPS) is 13.2. The number of fused-ring (bicyclic) bond motifs is 3. The van der Waals surface area contributed by atoms with E-state index < -0.39 is 12.1 Å². The summed E-state index contributed by atoms with van der Waals surface area (Å²) in [5.74, 6) is 0.971. The molecule has 1 unspecified atom stereocenters. The number of para-hydroxylation sites is 1. The molecular formula is C37H34N2O4S5. The van der Waals surface area contributed by atoms with E-state index in [1.807, 2.05) is 41.7 Å². The lowest BCUT2D eigenvalue weighted by molar-refractivity contribution is -0.137. The predicted octanol–water partition coefficient (Wildman–Crippen LogP) is 10.3. The van der Waals surface area contributed by atoms with Crippen molar-refractivity contribution < 1.29 is 19.1 Å². The highest BCUT2D eigenvalue weighted by Gasteiger charge is 2.32. The summed E-state index contributed by atoms with van der Waals surface area (Å²) < 4.78 is 12.9. The molecule has 0 radical (unpaired) electrons. The maximum atomic E-state index is 12.6. The van der Waals surface area contributed by atoms with Crippen molar-refractivity contribution in [3.63, 3.8) is 0 Å². The van der Waals surface area contributed by atoms with Crippen molar-refractivity contribution in [3.8, 4) is 11.1 Å². The van der Waals surface area contributed by atoms with Crippen LogP contribution in [0, 0.1) is 5.41 Å². The molecule has 0 bridgehead atoms. The molecule has 0 saturated heterocycles. The number of hydrogen-bond acceptors (Lipinski definition) is 10.